The molecular weight excluding hydrogens is 184 g/mol. The van der Waals surface area contributed by atoms with Crippen LogP contribution in [0.3, 0.4) is 0 Å². The third-order valence-electron chi connectivity index (χ3n) is 3.05. The SMILES string of the molecule is CCC(C)C(OO)C1C(=O)OCC1C. The van der Waals surface area contributed by atoms with E-state index in [1.54, 1.807) is 0 Å². The summed E-state index contributed by atoms with van der Waals surface area (Å²) < 4.78 is 4.93. The number of cyclic esters (lactones) is 1. The molecule has 0 spiro atoms. The summed E-state index contributed by atoms with van der Waals surface area (Å²) >= 11 is 0. The summed E-state index contributed by atoms with van der Waals surface area (Å²) in [6, 6.07) is 0. The molecule has 1 N–H and O–H groups in total. The first-order valence-corrected chi connectivity index (χ1v) is 5.08. The van der Waals surface area contributed by atoms with Crippen molar-refractivity contribution in [1.82, 2.24) is 0 Å². The Morgan fingerprint density at radius 3 is 2.71 bits per heavy atom. The van der Waals surface area contributed by atoms with Gasteiger partial charge in [-0.2, -0.15) is 0 Å². The Morgan fingerprint density at radius 1 is 1.71 bits per heavy atom. The van der Waals surface area contributed by atoms with Gasteiger partial charge in [-0.3, -0.25) is 10.1 Å². The first-order chi connectivity index (χ1) is 6.61. The maximum atomic E-state index is 11.4. The predicted octanol–water partition coefficient (Wildman–Crippen LogP) is 1.70. The van der Waals surface area contributed by atoms with Crippen molar-refractivity contribution < 1.29 is 19.7 Å². The quantitative estimate of drug-likeness (QED) is 0.428. The molecule has 1 fully saturated rings. The third-order valence-corrected chi connectivity index (χ3v) is 3.05. The molecule has 1 saturated heterocycles. The van der Waals surface area contributed by atoms with Crippen molar-refractivity contribution in [3.63, 3.8) is 0 Å². The molecule has 1 aliphatic rings. The van der Waals surface area contributed by atoms with Gasteiger partial charge < -0.3 is 4.74 Å². The maximum Gasteiger partial charge on any atom is 0.312 e. The van der Waals surface area contributed by atoms with Crippen molar-refractivity contribution in [3.8, 4) is 0 Å². The van der Waals surface area contributed by atoms with Gasteiger partial charge in [0.25, 0.3) is 0 Å². The van der Waals surface area contributed by atoms with E-state index in [9.17, 15) is 4.79 Å². The molecule has 4 unspecified atom stereocenters. The van der Waals surface area contributed by atoms with Crippen LogP contribution < -0.4 is 0 Å². The molecule has 0 aliphatic carbocycles. The van der Waals surface area contributed by atoms with Gasteiger partial charge in [0, 0.05) is 5.92 Å². The molecule has 0 aromatic heterocycles. The van der Waals surface area contributed by atoms with E-state index in [0.29, 0.717) is 6.61 Å². The van der Waals surface area contributed by atoms with E-state index in [1.807, 2.05) is 20.8 Å². The van der Waals surface area contributed by atoms with E-state index >= 15 is 0 Å². The Kier molecular flexibility index (Phi) is 3.89. The van der Waals surface area contributed by atoms with Crippen molar-refractivity contribution in [2.24, 2.45) is 17.8 Å². The standard InChI is InChI=1S/C10H18O4/c1-4-6(2)9(14-12)8-7(3)5-13-10(8)11/h6-9,12H,4-5H2,1-3H3. The van der Waals surface area contributed by atoms with Gasteiger partial charge in [0.15, 0.2) is 0 Å². The molecule has 0 aromatic carbocycles. The highest BCUT2D eigenvalue weighted by atomic mass is 17.1. The molecule has 1 aliphatic heterocycles. The minimum absolute atomic E-state index is 0.119. The Labute approximate surface area is 84.1 Å². The van der Waals surface area contributed by atoms with Gasteiger partial charge in [-0.1, -0.05) is 27.2 Å². The van der Waals surface area contributed by atoms with Gasteiger partial charge in [0.2, 0.25) is 0 Å². The Bertz CT molecular complexity index is 204. The van der Waals surface area contributed by atoms with E-state index in [4.69, 9.17) is 9.99 Å². The summed E-state index contributed by atoms with van der Waals surface area (Å²) in [7, 11) is 0. The molecule has 1 rings (SSSR count). The van der Waals surface area contributed by atoms with E-state index in [1.165, 1.54) is 0 Å². The molecule has 0 radical (unpaired) electrons. The first-order valence-electron chi connectivity index (χ1n) is 5.08. The van der Waals surface area contributed by atoms with Crippen LogP contribution in [-0.4, -0.2) is 23.9 Å². The van der Waals surface area contributed by atoms with E-state index in [-0.39, 0.29) is 23.7 Å². The maximum absolute atomic E-state index is 11.4. The van der Waals surface area contributed by atoms with Crippen LogP contribution in [0.15, 0.2) is 0 Å². The lowest BCUT2D eigenvalue weighted by molar-refractivity contribution is -0.300. The molecule has 1 heterocycles. The largest absolute Gasteiger partial charge is 0.465 e. The van der Waals surface area contributed by atoms with Crippen molar-refractivity contribution in [3.05, 3.63) is 0 Å². The molecule has 0 aromatic rings. The lowest BCUT2D eigenvalue weighted by Crippen LogP contribution is -2.35. The van der Waals surface area contributed by atoms with Gasteiger partial charge in [-0.25, -0.2) is 4.89 Å². The van der Waals surface area contributed by atoms with Crippen LogP contribution in [0.4, 0.5) is 0 Å². The van der Waals surface area contributed by atoms with Gasteiger partial charge in [-0.05, 0) is 5.92 Å². The lowest BCUT2D eigenvalue weighted by Gasteiger charge is -2.25. The highest BCUT2D eigenvalue weighted by molar-refractivity contribution is 5.75. The minimum Gasteiger partial charge on any atom is -0.465 e. The van der Waals surface area contributed by atoms with E-state index in [2.05, 4.69) is 4.89 Å². The fourth-order valence-electron chi connectivity index (χ4n) is 1.86. The first kappa shape index (κ1) is 11.5. The fraction of sp³-hybridized carbons (Fsp3) is 0.900. The van der Waals surface area contributed by atoms with Crippen LogP contribution in [0.25, 0.3) is 0 Å². The van der Waals surface area contributed by atoms with Crippen molar-refractivity contribution in [1.29, 1.82) is 0 Å². The Hall–Kier alpha value is -0.610. The second kappa shape index (κ2) is 4.75. The van der Waals surface area contributed by atoms with Gasteiger partial charge >= 0.3 is 5.97 Å². The van der Waals surface area contributed by atoms with E-state index < -0.39 is 6.10 Å². The zero-order valence-electron chi connectivity index (χ0n) is 8.90. The minimum atomic E-state index is -0.440. The molecule has 4 nitrogen and oxygen atoms in total. The van der Waals surface area contributed by atoms with Crippen molar-refractivity contribution in [2.45, 2.75) is 33.3 Å². The molecular formula is C10H18O4. The summed E-state index contributed by atoms with van der Waals surface area (Å²) in [6.07, 6.45) is 0.423. The molecule has 4 atom stereocenters. The second-order valence-electron chi connectivity index (χ2n) is 4.09. The summed E-state index contributed by atoms with van der Waals surface area (Å²) in [5, 5.41) is 8.82. The zero-order valence-corrected chi connectivity index (χ0v) is 8.90. The van der Waals surface area contributed by atoms with Gasteiger partial charge in [0.1, 0.15) is 6.10 Å². The molecule has 4 heteroatoms. The molecule has 0 saturated carbocycles. The molecule has 0 bridgehead atoms. The van der Waals surface area contributed by atoms with Gasteiger partial charge in [-0.15, -0.1) is 0 Å². The number of rotatable bonds is 4. The number of hydrogen-bond donors (Lipinski definition) is 1. The van der Waals surface area contributed by atoms with Crippen LogP contribution in [0.2, 0.25) is 0 Å². The van der Waals surface area contributed by atoms with Crippen LogP contribution in [-0.2, 0) is 14.4 Å². The average molecular weight is 202 g/mol. The van der Waals surface area contributed by atoms with Crippen LogP contribution in [0, 0.1) is 17.8 Å². The monoisotopic (exact) mass is 202 g/mol. The summed E-state index contributed by atoms with van der Waals surface area (Å²) in [5.41, 5.74) is 0. The number of ether oxygens (including phenoxy) is 1. The topological polar surface area (TPSA) is 55.8 Å². The highest BCUT2D eigenvalue weighted by Crippen LogP contribution is 2.31. The number of esters is 1. The summed E-state index contributed by atoms with van der Waals surface area (Å²) in [6.45, 7) is 6.32. The van der Waals surface area contributed by atoms with Crippen molar-refractivity contribution in [2.75, 3.05) is 6.61 Å². The molecule has 0 amide bonds. The summed E-state index contributed by atoms with van der Waals surface area (Å²) in [4.78, 5) is 15.8. The fourth-order valence-corrected chi connectivity index (χ4v) is 1.86. The Balaban J connectivity index is 2.72. The van der Waals surface area contributed by atoms with Crippen LogP contribution in [0.1, 0.15) is 27.2 Å². The number of carbonyl (C=O) groups excluding carboxylic acids is 1. The molecule has 82 valence electrons. The Morgan fingerprint density at radius 2 is 2.36 bits per heavy atom. The lowest BCUT2D eigenvalue weighted by atomic mass is 9.84. The van der Waals surface area contributed by atoms with Crippen LogP contribution in [0.5, 0.6) is 0 Å². The number of carbonyl (C=O) groups is 1. The average Bonchev–Trinajstić information content (AvgIpc) is 2.50. The van der Waals surface area contributed by atoms with E-state index in [0.717, 1.165) is 6.42 Å². The predicted molar refractivity (Wildman–Crippen MR) is 50.6 cm³/mol. The zero-order chi connectivity index (χ0) is 10.7. The van der Waals surface area contributed by atoms with Gasteiger partial charge in [0.05, 0.1) is 12.5 Å². The normalized spacial score (nSPS) is 31.3. The van der Waals surface area contributed by atoms with Crippen LogP contribution >= 0.6 is 0 Å². The third kappa shape index (κ3) is 2.07. The smallest absolute Gasteiger partial charge is 0.312 e. The number of hydrogen-bond acceptors (Lipinski definition) is 4. The second-order valence-corrected chi connectivity index (χ2v) is 4.09. The molecule has 14 heavy (non-hydrogen) atoms. The summed E-state index contributed by atoms with van der Waals surface area (Å²) in [5.74, 6) is -0.307. The highest BCUT2D eigenvalue weighted by Gasteiger charge is 2.42. The van der Waals surface area contributed by atoms with Crippen molar-refractivity contribution >= 4 is 5.97 Å².